The predicted octanol–water partition coefficient (Wildman–Crippen LogP) is 2.46. The van der Waals surface area contributed by atoms with Crippen LogP contribution in [0.3, 0.4) is 0 Å². The Morgan fingerprint density at radius 1 is 1.17 bits per heavy atom. The average molecular weight is 332 g/mol. The molecule has 3 aromatic rings. The molecule has 3 rings (SSSR count). The molecular formula is C14H12N4O4S. The molecule has 0 aliphatic carbocycles. The third kappa shape index (κ3) is 2.99. The molecule has 1 N–H and O–H groups in total. The molecule has 0 unspecified atom stereocenters. The van der Waals surface area contributed by atoms with Gasteiger partial charge < -0.3 is 14.0 Å². The summed E-state index contributed by atoms with van der Waals surface area (Å²) < 4.78 is 15.2. The molecule has 0 spiro atoms. The lowest BCUT2D eigenvalue weighted by atomic mass is 10.1. The van der Waals surface area contributed by atoms with Crippen molar-refractivity contribution in [3.8, 4) is 22.2 Å². The van der Waals surface area contributed by atoms with Crippen molar-refractivity contribution in [2.75, 3.05) is 19.5 Å². The maximum atomic E-state index is 12.5. The average Bonchev–Trinajstić information content (AvgIpc) is 3.25. The van der Waals surface area contributed by atoms with Gasteiger partial charge in [0.2, 0.25) is 5.13 Å². The molecule has 1 amide bonds. The summed E-state index contributed by atoms with van der Waals surface area (Å²) in [5.41, 5.74) is 0.841. The molecule has 0 atom stereocenters. The first-order valence-corrected chi connectivity index (χ1v) is 7.31. The van der Waals surface area contributed by atoms with E-state index in [1.165, 1.54) is 31.8 Å². The van der Waals surface area contributed by atoms with E-state index in [1.807, 2.05) is 0 Å². The van der Waals surface area contributed by atoms with Gasteiger partial charge in [-0.2, -0.15) is 0 Å². The van der Waals surface area contributed by atoms with Gasteiger partial charge in [0.25, 0.3) is 5.91 Å². The van der Waals surface area contributed by atoms with Gasteiger partial charge in [0.15, 0.2) is 5.01 Å². The van der Waals surface area contributed by atoms with Gasteiger partial charge >= 0.3 is 0 Å². The van der Waals surface area contributed by atoms with E-state index >= 15 is 0 Å². The quantitative estimate of drug-likeness (QED) is 0.766. The summed E-state index contributed by atoms with van der Waals surface area (Å²) in [6.45, 7) is 0. The number of carbonyl (C=O) groups is 1. The van der Waals surface area contributed by atoms with Gasteiger partial charge in [-0.15, -0.1) is 10.2 Å². The highest BCUT2D eigenvalue weighted by atomic mass is 32.1. The van der Waals surface area contributed by atoms with Crippen molar-refractivity contribution in [1.29, 1.82) is 0 Å². The monoisotopic (exact) mass is 332 g/mol. The molecular weight excluding hydrogens is 320 g/mol. The Labute approximate surface area is 135 Å². The molecule has 118 valence electrons. The van der Waals surface area contributed by atoms with Gasteiger partial charge in [-0.1, -0.05) is 22.6 Å². The zero-order chi connectivity index (χ0) is 16.2. The Kier molecular flexibility index (Phi) is 4.20. The smallest absolute Gasteiger partial charge is 0.265 e. The second kappa shape index (κ2) is 6.44. The Bertz CT molecular complexity index is 794. The van der Waals surface area contributed by atoms with Gasteiger partial charge in [-0.25, -0.2) is 0 Å². The van der Waals surface area contributed by atoms with E-state index in [0.717, 1.165) is 0 Å². The number of hydrogen-bond donors (Lipinski definition) is 1. The fourth-order valence-electron chi connectivity index (χ4n) is 1.93. The third-order valence-corrected chi connectivity index (χ3v) is 3.82. The zero-order valence-corrected chi connectivity index (χ0v) is 13.1. The number of benzene rings is 1. The van der Waals surface area contributed by atoms with Crippen LogP contribution in [0.15, 0.2) is 35.1 Å². The van der Waals surface area contributed by atoms with Crippen molar-refractivity contribution in [2.24, 2.45) is 0 Å². The van der Waals surface area contributed by atoms with Crippen LogP contribution in [0, 0.1) is 0 Å². The highest BCUT2D eigenvalue weighted by Crippen LogP contribution is 2.30. The molecule has 0 aliphatic rings. The van der Waals surface area contributed by atoms with Crippen LogP contribution in [0.5, 0.6) is 11.5 Å². The molecule has 0 saturated heterocycles. The fourth-order valence-corrected chi connectivity index (χ4v) is 2.63. The third-order valence-electron chi connectivity index (χ3n) is 2.96. The normalized spacial score (nSPS) is 10.3. The van der Waals surface area contributed by atoms with Gasteiger partial charge in [0.1, 0.15) is 29.0 Å². The van der Waals surface area contributed by atoms with Crippen LogP contribution >= 0.6 is 11.3 Å². The van der Waals surface area contributed by atoms with E-state index in [1.54, 1.807) is 24.3 Å². The summed E-state index contributed by atoms with van der Waals surface area (Å²) in [6.07, 6.45) is 1.44. The van der Waals surface area contributed by atoms with E-state index in [4.69, 9.17) is 14.0 Å². The van der Waals surface area contributed by atoms with Crippen molar-refractivity contribution >= 4 is 22.4 Å². The Hall–Kier alpha value is -2.94. The molecule has 0 aliphatic heterocycles. The molecule has 0 fully saturated rings. The van der Waals surface area contributed by atoms with Crippen LogP contribution in [0.25, 0.3) is 10.7 Å². The minimum atomic E-state index is -0.401. The molecule has 0 radical (unpaired) electrons. The van der Waals surface area contributed by atoms with E-state index in [0.29, 0.717) is 27.3 Å². The minimum Gasteiger partial charge on any atom is -0.496 e. The van der Waals surface area contributed by atoms with Crippen LogP contribution in [-0.4, -0.2) is 35.5 Å². The van der Waals surface area contributed by atoms with Gasteiger partial charge in [-0.3, -0.25) is 10.1 Å². The maximum Gasteiger partial charge on any atom is 0.265 e. The number of carbonyl (C=O) groups excluding carboxylic acids is 1. The summed E-state index contributed by atoms with van der Waals surface area (Å²) >= 11 is 1.18. The van der Waals surface area contributed by atoms with Gasteiger partial charge in [-0.05, 0) is 12.1 Å². The van der Waals surface area contributed by atoms with Crippen LogP contribution in [-0.2, 0) is 0 Å². The van der Waals surface area contributed by atoms with Crippen LogP contribution in [0.4, 0.5) is 5.13 Å². The molecule has 2 heterocycles. The van der Waals surface area contributed by atoms with Crippen molar-refractivity contribution in [1.82, 2.24) is 15.4 Å². The number of aromatic nitrogens is 3. The Morgan fingerprint density at radius 3 is 2.52 bits per heavy atom. The molecule has 0 bridgehead atoms. The summed E-state index contributed by atoms with van der Waals surface area (Å²) in [6, 6.07) is 6.76. The number of amides is 1. The predicted molar refractivity (Wildman–Crippen MR) is 82.9 cm³/mol. The highest BCUT2D eigenvalue weighted by molar-refractivity contribution is 7.18. The highest BCUT2D eigenvalue weighted by Gasteiger charge is 2.20. The van der Waals surface area contributed by atoms with Crippen molar-refractivity contribution in [3.63, 3.8) is 0 Å². The standard InChI is InChI=1S/C14H12N4O4S/c1-20-9-4-3-5-10(21-2)11(9)12(19)15-14-17-16-13(23-14)8-6-7-22-18-8/h3-7H,1-2H3,(H,15,17,19). The van der Waals surface area contributed by atoms with Gasteiger partial charge in [0.05, 0.1) is 14.2 Å². The first kappa shape index (κ1) is 15.0. The van der Waals surface area contributed by atoms with Crippen LogP contribution < -0.4 is 14.8 Å². The largest absolute Gasteiger partial charge is 0.496 e. The van der Waals surface area contributed by atoms with E-state index in [2.05, 4.69) is 20.7 Å². The first-order chi connectivity index (χ1) is 11.2. The Balaban J connectivity index is 1.85. The SMILES string of the molecule is COc1cccc(OC)c1C(=O)Nc1nnc(-c2ccon2)s1. The zero-order valence-electron chi connectivity index (χ0n) is 12.3. The molecule has 1 aromatic carbocycles. The van der Waals surface area contributed by atoms with Crippen LogP contribution in [0.2, 0.25) is 0 Å². The number of hydrogen-bond acceptors (Lipinski definition) is 8. The number of rotatable bonds is 5. The minimum absolute atomic E-state index is 0.288. The fraction of sp³-hybridized carbons (Fsp3) is 0.143. The first-order valence-electron chi connectivity index (χ1n) is 6.49. The number of nitrogens with zero attached hydrogens (tertiary/aromatic N) is 3. The maximum absolute atomic E-state index is 12.5. The summed E-state index contributed by atoms with van der Waals surface area (Å²) in [7, 11) is 2.97. The lowest BCUT2D eigenvalue weighted by Gasteiger charge is -2.11. The second-order valence-electron chi connectivity index (χ2n) is 4.29. The molecule has 2 aromatic heterocycles. The lowest BCUT2D eigenvalue weighted by molar-refractivity contribution is 0.102. The number of methoxy groups -OCH3 is 2. The van der Waals surface area contributed by atoms with Crippen molar-refractivity contribution in [2.45, 2.75) is 0 Å². The number of ether oxygens (including phenoxy) is 2. The van der Waals surface area contributed by atoms with Gasteiger partial charge in [0, 0.05) is 6.07 Å². The van der Waals surface area contributed by atoms with E-state index in [9.17, 15) is 4.79 Å². The second-order valence-corrected chi connectivity index (χ2v) is 5.27. The number of nitrogens with one attached hydrogen (secondary N) is 1. The Morgan fingerprint density at radius 2 is 1.91 bits per heavy atom. The lowest BCUT2D eigenvalue weighted by Crippen LogP contribution is -2.14. The summed E-state index contributed by atoms with van der Waals surface area (Å²) in [5, 5.41) is 15.2. The van der Waals surface area contributed by atoms with E-state index < -0.39 is 5.91 Å². The summed E-state index contributed by atoms with van der Waals surface area (Å²) in [5.74, 6) is 0.410. The molecule has 8 nitrogen and oxygen atoms in total. The molecule has 0 saturated carbocycles. The molecule has 9 heteroatoms. The summed E-state index contributed by atoms with van der Waals surface area (Å²) in [4.78, 5) is 12.5. The van der Waals surface area contributed by atoms with Crippen molar-refractivity contribution in [3.05, 3.63) is 36.1 Å². The topological polar surface area (TPSA) is 99.4 Å². The van der Waals surface area contributed by atoms with Crippen LogP contribution in [0.1, 0.15) is 10.4 Å². The molecule has 23 heavy (non-hydrogen) atoms. The van der Waals surface area contributed by atoms with Crippen molar-refractivity contribution < 1.29 is 18.8 Å². The number of anilines is 1. The van der Waals surface area contributed by atoms with E-state index in [-0.39, 0.29) is 5.56 Å².